The molecule has 0 atom stereocenters. The van der Waals surface area contributed by atoms with E-state index in [0.29, 0.717) is 0 Å². The topological polar surface area (TPSA) is 47.9 Å². The van der Waals surface area contributed by atoms with Crippen molar-refractivity contribution < 1.29 is 4.42 Å². The molecule has 0 aliphatic carbocycles. The fourth-order valence-electron chi connectivity index (χ4n) is 9.84. The Morgan fingerprint density at radius 2 is 1.41 bits per heavy atom. The first-order valence-corrected chi connectivity index (χ1v) is 21.7. The summed E-state index contributed by atoms with van der Waals surface area (Å²) in [5.74, 6) is 0.949. The summed E-state index contributed by atoms with van der Waals surface area (Å²) in [6.07, 6.45) is 0. The first-order valence-electron chi connectivity index (χ1n) is 20.9. The maximum atomic E-state index is 6.55. The molecule has 0 fully saturated rings. The third-order valence-corrected chi connectivity index (χ3v) is 14.0. The number of nitrogens with zero attached hydrogens (tertiary/aromatic N) is 3. The van der Waals surface area contributed by atoms with E-state index in [1.165, 1.54) is 53.1 Å². The van der Waals surface area contributed by atoms with Gasteiger partial charge in [-0.25, -0.2) is 4.98 Å². The molecule has 0 amide bonds. The predicted octanol–water partition coefficient (Wildman–Crippen LogP) is 13.3. The number of para-hydroxylation sites is 1. The van der Waals surface area contributed by atoms with Crippen molar-refractivity contribution in [2.75, 3.05) is 5.32 Å². The Kier molecular flexibility index (Phi) is 7.11. The SMILES string of the molecule is Cn1c(-c2ccccc2)nc2cc3c(cc21)-n1c2cc4oc5ccccc5c4cc2c2ccc(-c4cc5c(cc4Nc4ccc(C(C)(C)C)cc4)sc4ccccc45)c(c21)[B]3. The van der Waals surface area contributed by atoms with Gasteiger partial charge in [0.05, 0.1) is 16.6 Å². The second kappa shape index (κ2) is 12.5. The van der Waals surface area contributed by atoms with Crippen molar-refractivity contribution in [3.05, 3.63) is 157 Å². The van der Waals surface area contributed by atoms with Gasteiger partial charge in [-0.15, -0.1) is 11.3 Å². The van der Waals surface area contributed by atoms with Crippen LogP contribution in [0.15, 0.2) is 156 Å². The number of imidazole rings is 1. The van der Waals surface area contributed by atoms with Crippen LogP contribution in [0.25, 0.3) is 103 Å². The number of aromatic nitrogens is 3. The zero-order valence-corrected chi connectivity index (χ0v) is 35.0. The van der Waals surface area contributed by atoms with Crippen LogP contribution in [0.2, 0.25) is 0 Å². The van der Waals surface area contributed by atoms with Crippen LogP contribution < -0.4 is 16.2 Å². The highest BCUT2D eigenvalue weighted by Crippen LogP contribution is 2.44. The van der Waals surface area contributed by atoms with Gasteiger partial charge in [0.2, 0.25) is 0 Å². The van der Waals surface area contributed by atoms with E-state index in [2.05, 4.69) is 195 Å². The Hall–Kier alpha value is -7.09. The fraction of sp³-hybridized carbons (Fsp3) is 0.0926. The second-order valence-electron chi connectivity index (χ2n) is 17.6. The third-order valence-electron chi connectivity index (χ3n) is 12.9. The van der Waals surface area contributed by atoms with Gasteiger partial charge < -0.3 is 18.9 Å². The molecule has 0 unspecified atom stereocenters. The quantitative estimate of drug-likeness (QED) is 0.180. The summed E-state index contributed by atoms with van der Waals surface area (Å²) >= 11 is 1.85. The molecule has 8 aromatic carbocycles. The summed E-state index contributed by atoms with van der Waals surface area (Å²) in [5.41, 5.74) is 16.6. The van der Waals surface area contributed by atoms with Gasteiger partial charge in [-0.1, -0.05) is 117 Å². The van der Waals surface area contributed by atoms with Gasteiger partial charge >= 0.3 is 0 Å². The molecule has 1 N–H and O–H groups in total. The maximum absolute atomic E-state index is 6.55. The number of thiophene rings is 1. The van der Waals surface area contributed by atoms with E-state index in [1.807, 2.05) is 17.4 Å². The molecule has 1 radical (unpaired) electrons. The van der Waals surface area contributed by atoms with Crippen molar-refractivity contribution in [2.24, 2.45) is 7.05 Å². The minimum Gasteiger partial charge on any atom is -0.456 e. The summed E-state index contributed by atoms with van der Waals surface area (Å²) in [4.78, 5) is 5.24. The molecule has 4 aromatic heterocycles. The molecular weight excluding hydrogens is 763 g/mol. The number of aryl methyl sites for hydroxylation is 1. The van der Waals surface area contributed by atoms with E-state index in [4.69, 9.17) is 9.40 Å². The van der Waals surface area contributed by atoms with E-state index >= 15 is 0 Å². The second-order valence-corrected chi connectivity index (χ2v) is 18.7. The Labute approximate surface area is 356 Å². The van der Waals surface area contributed by atoms with E-state index < -0.39 is 0 Å². The minimum absolute atomic E-state index is 0.0714. The van der Waals surface area contributed by atoms with Crippen LogP contribution >= 0.6 is 11.3 Å². The number of rotatable bonds is 4. The highest BCUT2D eigenvalue weighted by atomic mass is 32.1. The van der Waals surface area contributed by atoms with Crippen LogP contribution in [0.5, 0.6) is 0 Å². The van der Waals surface area contributed by atoms with Gasteiger partial charge in [-0.05, 0) is 76.6 Å². The first kappa shape index (κ1) is 34.7. The lowest BCUT2D eigenvalue weighted by Crippen LogP contribution is -2.37. The molecular formula is C54H38BN4OS. The monoisotopic (exact) mass is 801 g/mol. The fourth-order valence-corrected chi connectivity index (χ4v) is 11.0. The molecule has 61 heavy (non-hydrogen) atoms. The van der Waals surface area contributed by atoms with E-state index in [-0.39, 0.29) is 5.41 Å². The molecule has 0 spiro atoms. The van der Waals surface area contributed by atoms with Crippen LogP contribution in [-0.2, 0) is 12.5 Å². The molecule has 1 aliphatic heterocycles. The first-order chi connectivity index (χ1) is 29.7. The Morgan fingerprint density at radius 1 is 0.623 bits per heavy atom. The van der Waals surface area contributed by atoms with E-state index in [1.54, 1.807) is 0 Å². The zero-order chi connectivity index (χ0) is 40.7. The normalized spacial score (nSPS) is 12.7. The lowest BCUT2D eigenvalue weighted by atomic mass is 9.59. The zero-order valence-electron chi connectivity index (χ0n) is 34.2. The molecule has 12 aromatic rings. The van der Waals surface area contributed by atoms with Crippen LogP contribution in [0.3, 0.4) is 0 Å². The molecule has 0 saturated carbocycles. The van der Waals surface area contributed by atoms with Crippen LogP contribution in [-0.4, -0.2) is 21.4 Å². The smallest absolute Gasteiger partial charge is 0.198 e. The highest BCUT2D eigenvalue weighted by molar-refractivity contribution is 7.25. The number of fused-ring (bicyclic) bond motifs is 12. The minimum atomic E-state index is 0.0714. The summed E-state index contributed by atoms with van der Waals surface area (Å²) in [5, 5.41) is 11.1. The number of benzene rings is 8. The molecule has 0 bridgehead atoms. The Morgan fingerprint density at radius 3 is 2.25 bits per heavy atom. The maximum Gasteiger partial charge on any atom is 0.198 e. The molecule has 13 rings (SSSR count). The average molecular weight is 802 g/mol. The standard InChI is InChI=1S/C54H38BN4OS/c1-54(2,3)31-18-20-32(21-19-31)56-42-27-50-40(34-15-9-11-17-49(34)61-50)24-37(42)35-22-23-36-38-25-39-33-14-8-10-16-47(33)60-48(39)29-44(38)59-45-28-46-43(26-41(45)55-51(35)52(36)59)57-53(58(46)4)30-12-6-5-7-13-30/h5-29,56H,1-4H3. The van der Waals surface area contributed by atoms with Crippen molar-refractivity contribution in [3.8, 4) is 28.2 Å². The third kappa shape index (κ3) is 5.11. The highest BCUT2D eigenvalue weighted by Gasteiger charge is 2.29. The van der Waals surface area contributed by atoms with Gasteiger partial charge in [-0.2, -0.15) is 0 Å². The van der Waals surface area contributed by atoms with Crippen molar-refractivity contribution in [2.45, 2.75) is 26.2 Å². The molecule has 289 valence electrons. The van der Waals surface area contributed by atoms with Crippen molar-refractivity contribution in [1.82, 2.24) is 14.1 Å². The summed E-state index contributed by atoms with van der Waals surface area (Å²) in [6, 6.07) is 55.2. The molecule has 5 heterocycles. The summed E-state index contributed by atoms with van der Waals surface area (Å²) in [7, 11) is 4.53. The number of anilines is 2. The van der Waals surface area contributed by atoms with Crippen molar-refractivity contribution >= 4 is 116 Å². The number of furan rings is 1. The van der Waals surface area contributed by atoms with Gasteiger partial charge in [0.15, 0.2) is 7.28 Å². The van der Waals surface area contributed by atoms with Gasteiger partial charge in [-0.3, -0.25) is 0 Å². The predicted molar refractivity (Wildman–Crippen MR) is 260 cm³/mol. The number of hydrogen-bond donors (Lipinski definition) is 1. The summed E-state index contributed by atoms with van der Waals surface area (Å²) in [6.45, 7) is 6.79. The van der Waals surface area contributed by atoms with E-state index in [0.717, 1.165) is 78.0 Å². The molecule has 7 heteroatoms. The average Bonchev–Trinajstić information content (AvgIpc) is 4.01. The largest absolute Gasteiger partial charge is 0.456 e. The van der Waals surface area contributed by atoms with Crippen LogP contribution in [0.1, 0.15) is 26.3 Å². The van der Waals surface area contributed by atoms with Gasteiger partial charge in [0.25, 0.3) is 0 Å². The summed E-state index contributed by atoms with van der Waals surface area (Å²) < 4.78 is 13.8. The number of nitrogens with one attached hydrogen (secondary N) is 1. The van der Waals surface area contributed by atoms with Crippen molar-refractivity contribution in [3.63, 3.8) is 0 Å². The number of hydrogen-bond acceptors (Lipinski definition) is 4. The van der Waals surface area contributed by atoms with Crippen LogP contribution in [0, 0.1) is 0 Å². The Balaban J connectivity index is 1.10. The van der Waals surface area contributed by atoms with Gasteiger partial charge in [0.1, 0.15) is 17.0 Å². The van der Waals surface area contributed by atoms with E-state index in [9.17, 15) is 0 Å². The molecule has 0 saturated heterocycles. The molecule has 5 nitrogen and oxygen atoms in total. The Bertz CT molecular complexity index is 3810. The van der Waals surface area contributed by atoms with Gasteiger partial charge in [0, 0.05) is 88.5 Å². The lowest BCUT2D eigenvalue weighted by molar-refractivity contribution is 0.590. The van der Waals surface area contributed by atoms with Crippen molar-refractivity contribution in [1.29, 1.82) is 0 Å². The lowest BCUT2D eigenvalue weighted by Gasteiger charge is -2.24. The van der Waals surface area contributed by atoms with Crippen LogP contribution in [0.4, 0.5) is 11.4 Å². The molecule has 1 aliphatic rings.